The second kappa shape index (κ2) is 8.79. The van der Waals surface area contributed by atoms with Gasteiger partial charge in [0.1, 0.15) is 6.29 Å². The van der Waals surface area contributed by atoms with E-state index in [2.05, 4.69) is 11.8 Å². The van der Waals surface area contributed by atoms with E-state index in [1.165, 1.54) is 32.2 Å². The van der Waals surface area contributed by atoms with Gasteiger partial charge in [-0.05, 0) is 50.4 Å². The predicted molar refractivity (Wildman–Crippen MR) is 88.0 cm³/mol. The molecule has 0 aliphatic carbocycles. The Labute approximate surface area is 133 Å². The zero-order valence-corrected chi connectivity index (χ0v) is 13.7. The highest BCUT2D eigenvalue weighted by atomic mass is 16.5. The first kappa shape index (κ1) is 16.8. The van der Waals surface area contributed by atoms with Crippen molar-refractivity contribution in [3.63, 3.8) is 0 Å². The Bertz CT molecular complexity index is 475. The number of carbonyl (C=O) groups is 1. The molecule has 1 fully saturated rings. The van der Waals surface area contributed by atoms with Crippen molar-refractivity contribution >= 4 is 6.29 Å². The molecule has 4 nitrogen and oxygen atoms in total. The average molecular weight is 305 g/mol. The molecule has 22 heavy (non-hydrogen) atoms. The van der Waals surface area contributed by atoms with Crippen LogP contribution in [-0.4, -0.2) is 44.0 Å². The summed E-state index contributed by atoms with van der Waals surface area (Å²) in [6.45, 7) is 5.26. The maximum atomic E-state index is 10.8. The number of rotatable bonds is 8. The molecule has 0 N–H and O–H groups in total. The van der Waals surface area contributed by atoms with E-state index >= 15 is 0 Å². The molecule has 4 heteroatoms. The minimum absolute atomic E-state index is 0.600. The maximum absolute atomic E-state index is 10.8. The molecular weight excluding hydrogens is 278 g/mol. The van der Waals surface area contributed by atoms with Gasteiger partial charge in [-0.3, -0.25) is 4.79 Å². The Morgan fingerprint density at radius 1 is 1.32 bits per heavy atom. The molecule has 1 aromatic carbocycles. The largest absolute Gasteiger partial charge is 0.493 e. The van der Waals surface area contributed by atoms with E-state index in [1.54, 1.807) is 25.3 Å². The molecule has 0 spiro atoms. The smallest absolute Gasteiger partial charge is 0.161 e. The summed E-state index contributed by atoms with van der Waals surface area (Å²) in [5.74, 6) is 1.33. The highest BCUT2D eigenvalue weighted by molar-refractivity contribution is 5.76. The van der Waals surface area contributed by atoms with Gasteiger partial charge in [-0.15, -0.1) is 0 Å². The molecule has 1 aromatic rings. The summed E-state index contributed by atoms with van der Waals surface area (Å²) in [7, 11) is 1.59. The van der Waals surface area contributed by atoms with Gasteiger partial charge >= 0.3 is 0 Å². The fraction of sp³-hybridized carbons (Fsp3) is 0.611. The van der Waals surface area contributed by atoms with Gasteiger partial charge in [0.05, 0.1) is 13.7 Å². The Morgan fingerprint density at radius 2 is 2.18 bits per heavy atom. The molecular formula is C18H27NO3. The summed E-state index contributed by atoms with van der Waals surface area (Å²) < 4.78 is 11.1. The van der Waals surface area contributed by atoms with Crippen molar-refractivity contribution in [3.05, 3.63) is 23.8 Å². The number of hydrogen-bond donors (Lipinski definition) is 0. The third kappa shape index (κ3) is 4.47. The van der Waals surface area contributed by atoms with E-state index in [1.807, 2.05) is 0 Å². The summed E-state index contributed by atoms with van der Waals surface area (Å²) in [6.07, 6.45) is 7.08. The molecule has 0 unspecified atom stereocenters. The lowest BCUT2D eigenvalue weighted by atomic mass is 10.00. The Kier molecular flexibility index (Phi) is 6.72. The SMILES string of the molecule is CC[C@H]1CCCCN1CCCOc1ccc(C=O)cc1OC. The lowest BCUT2D eigenvalue weighted by molar-refractivity contribution is 0.112. The Balaban J connectivity index is 1.79. The highest BCUT2D eigenvalue weighted by Gasteiger charge is 2.19. The second-order valence-corrected chi connectivity index (χ2v) is 5.82. The fourth-order valence-corrected chi connectivity index (χ4v) is 3.14. The van der Waals surface area contributed by atoms with E-state index in [0.717, 1.165) is 25.3 Å². The van der Waals surface area contributed by atoms with Crippen LogP contribution < -0.4 is 9.47 Å². The van der Waals surface area contributed by atoms with Crippen LogP contribution in [0.4, 0.5) is 0 Å². The van der Waals surface area contributed by atoms with Crippen molar-refractivity contribution in [2.45, 2.75) is 45.1 Å². The third-order valence-electron chi connectivity index (χ3n) is 4.39. The van der Waals surface area contributed by atoms with Crippen LogP contribution in [0.25, 0.3) is 0 Å². The highest BCUT2D eigenvalue weighted by Crippen LogP contribution is 2.27. The van der Waals surface area contributed by atoms with Crippen LogP contribution in [0.2, 0.25) is 0 Å². The summed E-state index contributed by atoms with van der Waals surface area (Å²) in [4.78, 5) is 13.4. The van der Waals surface area contributed by atoms with Crippen molar-refractivity contribution in [1.29, 1.82) is 0 Å². The van der Waals surface area contributed by atoms with Gasteiger partial charge in [0.25, 0.3) is 0 Å². The number of aldehydes is 1. The normalized spacial score (nSPS) is 18.9. The van der Waals surface area contributed by atoms with Gasteiger partial charge in [0, 0.05) is 18.2 Å². The maximum Gasteiger partial charge on any atom is 0.161 e. The van der Waals surface area contributed by atoms with Crippen molar-refractivity contribution in [1.82, 2.24) is 4.90 Å². The molecule has 122 valence electrons. The van der Waals surface area contributed by atoms with E-state index in [0.29, 0.717) is 23.7 Å². The number of likely N-dealkylation sites (tertiary alicyclic amines) is 1. The Hall–Kier alpha value is -1.55. The van der Waals surface area contributed by atoms with E-state index in [9.17, 15) is 4.79 Å². The minimum atomic E-state index is 0.600. The van der Waals surface area contributed by atoms with Crippen LogP contribution in [0.5, 0.6) is 11.5 Å². The number of carbonyl (C=O) groups excluding carboxylic acids is 1. The van der Waals surface area contributed by atoms with Crippen molar-refractivity contribution in [3.8, 4) is 11.5 Å². The molecule has 1 heterocycles. The van der Waals surface area contributed by atoms with Crippen LogP contribution in [0, 0.1) is 0 Å². The summed E-state index contributed by atoms with van der Waals surface area (Å²) in [5.41, 5.74) is 0.600. The zero-order chi connectivity index (χ0) is 15.8. The van der Waals surface area contributed by atoms with Crippen LogP contribution in [-0.2, 0) is 0 Å². The second-order valence-electron chi connectivity index (χ2n) is 5.82. The van der Waals surface area contributed by atoms with Gasteiger partial charge in [0.15, 0.2) is 11.5 Å². The number of ether oxygens (including phenoxy) is 2. The van der Waals surface area contributed by atoms with Crippen molar-refractivity contribution in [2.75, 3.05) is 26.8 Å². The van der Waals surface area contributed by atoms with Crippen LogP contribution in [0.15, 0.2) is 18.2 Å². The predicted octanol–water partition coefficient (Wildman–Crippen LogP) is 3.54. The molecule has 0 bridgehead atoms. The third-order valence-corrected chi connectivity index (χ3v) is 4.39. The van der Waals surface area contributed by atoms with E-state index < -0.39 is 0 Å². The van der Waals surface area contributed by atoms with Crippen molar-refractivity contribution in [2.24, 2.45) is 0 Å². The first-order chi connectivity index (χ1) is 10.8. The van der Waals surface area contributed by atoms with Crippen LogP contribution >= 0.6 is 0 Å². The van der Waals surface area contributed by atoms with E-state index in [-0.39, 0.29) is 0 Å². The standard InChI is InChI=1S/C18H27NO3/c1-3-16-7-4-5-10-19(16)11-6-12-22-17-9-8-15(14-20)13-18(17)21-2/h8-9,13-14,16H,3-7,10-12H2,1-2H3/t16-/m0/s1. The quantitative estimate of drug-likeness (QED) is 0.544. The number of nitrogens with zero attached hydrogens (tertiary/aromatic N) is 1. The lowest BCUT2D eigenvalue weighted by Crippen LogP contribution is -2.40. The van der Waals surface area contributed by atoms with Gasteiger partial charge in [-0.2, -0.15) is 0 Å². The first-order valence-corrected chi connectivity index (χ1v) is 8.28. The number of piperidine rings is 1. The van der Waals surface area contributed by atoms with Crippen LogP contribution in [0.3, 0.4) is 0 Å². The molecule has 1 aliphatic rings. The van der Waals surface area contributed by atoms with Gasteiger partial charge < -0.3 is 14.4 Å². The molecule has 1 aliphatic heterocycles. The molecule has 1 saturated heterocycles. The van der Waals surface area contributed by atoms with Gasteiger partial charge in [-0.1, -0.05) is 13.3 Å². The lowest BCUT2D eigenvalue weighted by Gasteiger charge is -2.35. The fourth-order valence-electron chi connectivity index (χ4n) is 3.14. The molecule has 0 amide bonds. The van der Waals surface area contributed by atoms with Gasteiger partial charge in [-0.25, -0.2) is 0 Å². The first-order valence-electron chi connectivity index (χ1n) is 8.28. The minimum Gasteiger partial charge on any atom is -0.493 e. The van der Waals surface area contributed by atoms with E-state index in [4.69, 9.17) is 9.47 Å². The number of methoxy groups -OCH3 is 1. The van der Waals surface area contributed by atoms with Crippen LogP contribution in [0.1, 0.15) is 49.4 Å². The average Bonchev–Trinajstić information content (AvgIpc) is 2.59. The molecule has 0 aromatic heterocycles. The summed E-state index contributed by atoms with van der Waals surface area (Å²) >= 11 is 0. The monoisotopic (exact) mass is 305 g/mol. The number of benzene rings is 1. The summed E-state index contributed by atoms with van der Waals surface area (Å²) in [6, 6.07) is 6.01. The van der Waals surface area contributed by atoms with Crippen molar-refractivity contribution < 1.29 is 14.3 Å². The molecule has 0 radical (unpaired) electrons. The molecule has 2 rings (SSSR count). The molecule has 1 atom stereocenters. The molecule has 0 saturated carbocycles. The summed E-state index contributed by atoms with van der Waals surface area (Å²) in [5, 5.41) is 0. The number of hydrogen-bond acceptors (Lipinski definition) is 4. The Morgan fingerprint density at radius 3 is 2.91 bits per heavy atom. The topological polar surface area (TPSA) is 38.8 Å². The zero-order valence-electron chi connectivity index (χ0n) is 13.7. The van der Waals surface area contributed by atoms with Gasteiger partial charge in [0.2, 0.25) is 0 Å².